The molecule has 194 valence electrons. The molecule has 0 atom stereocenters. The number of benzene rings is 2. The van der Waals surface area contributed by atoms with Gasteiger partial charge in [-0.15, -0.1) is 21.9 Å². The van der Waals surface area contributed by atoms with Gasteiger partial charge in [0.15, 0.2) is 0 Å². The zero-order valence-corrected chi connectivity index (χ0v) is 22.1. The molecule has 0 fully saturated rings. The number of thiophene rings is 1. The third-order valence-corrected chi connectivity index (χ3v) is 7.57. The number of H-pyrrole nitrogens is 1. The fraction of sp³-hybridized carbons (Fsp3) is 0.148. The Morgan fingerprint density at radius 3 is 2.76 bits per heavy atom. The van der Waals surface area contributed by atoms with Crippen LogP contribution in [0, 0.1) is 0 Å². The van der Waals surface area contributed by atoms with Crippen LogP contribution in [-0.4, -0.2) is 34.2 Å². The number of nitrogens with zero attached hydrogens (tertiary/aromatic N) is 3. The lowest BCUT2D eigenvalue weighted by Gasteiger charge is -2.13. The molecule has 0 aliphatic heterocycles. The fourth-order valence-corrected chi connectivity index (χ4v) is 5.30. The molecule has 2 aromatic carbocycles. The Balaban J connectivity index is 1.32. The first kappa shape index (κ1) is 25.4. The number of rotatable bonds is 9. The number of aromatic amines is 1. The predicted octanol–water partition coefficient (Wildman–Crippen LogP) is 6.75. The van der Waals surface area contributed by atoms with E-state index >= 15 is 0 Å². The Hall–Kier alpha value is -4.22. The Labute approximate surface area is 225 Å². The van der Waals surface area contributed by atoms with Gasteiger partial charge in [0.1, 0.15) is 5.82 Å². The van der Waals surface area contributed by atoms with Crippen LogP contribution in [0.15, 0.2) is 87.7 Å². The van der Waals surface area contributed by atoms with Gasteiger partial charge in [0.25, 0.3) is 0 Å². The van der Waals surface area contributed by atoms with Crippen molar-refractivity contribution in [1.82, 2.24) is 15.0 Å². The summed E-state index contributed by atoms with van der Waals surface area (Å²) < 4.78 is 20.5. The summed E-state index contributed by atoms with van der Waals surface area (Å²) in [5.74, 6) is 1.15. The zero-order chi connectivity index (χ0) is 26.3. The maximum atomic E-state index is 12.2. The highest BCUT2D eigenvalue weighted by atomic mass is 32.2. The summed E-state index contributed by atoms with van der Waals surface area (Å²) in [4.78, 5) is 25.5. The fourth-order valence-electron chi connectivity index (χ4n) is 3.90. The first-order valence-corrected chi connectivity index (χ1v) is 14.0. The van der Waals surface area contributed by atoms with E-state index in [-0.39, 0.29) is 6.61 Å². The summed E-state index contributed by atoms with van der Waals surface area (Å²) in [6.45, 7) is 2.53. The van der Waals surface area contributed by atoms with Crippen LogP contribution < -0.4 is 10.6 Å². The van der Waals surface area contributed by atoms with Gasteiger partial charge in [-0.05, 0) is 48.6 Å². The molecule has 5 aromatic rings. The second-order valence-corrected chi connectivity index (χ2v) is 10.3. The predicted molar refractivity (Wildman–Crippen MR) is 151 cm³/mol. The minimum absolute atomic E-state index is 0.174. The maximum Gasteiger partial charge on any atom is 0.410 e. The number of anilines is 3. The average molecular weight is 546 g/mol. The summed E-state index contributed by atoms with van der Waals surface area (Å²) in [6.07, 6.45) is 3.83. The van der Waals surface area contributed by atoms with Gasteiger partial charge in [-0.25, -0.2) is 9.78 Å². The molecule has 0 saturated heterocycles. The largest absolute Gasteiger partial charge is 0.450 e. The first-order chi connectivity index (χ1) is 18.6. The Bertz CT molecular complexity index is 1620. The number of ether oxygens (including phenoxy) is 1. The molecule has 0 saturated carbocycles. The lowest BCUT2D eigenvalue weighted by Crippen LogP contribution is -2.09. The highest BCUT2D eigenvalue weighted by Crippen LogP contribution is 2.31. The summed E-state index contributed by atoms with van der Waals surface area (Å²) >= 11 is 1.63. The van der Waals surface area contributed by atoms with Gasteiger partial charge in [-0.3, -0.25) is 4.36 Å². The smallest absolute Gasteiger partial charge is 0.410 e. The molecule has 0 spiro atoms. The standard InChI is InChI=1S/C27H25N6O3S2/c1-2-36-27(34)33-38(35)20-11-9-19(10-12-20)31-26-30-17-22(24-8-5-15-37-24)25(32-26)28-14-13-18-16-29-23-7-4-3-6-21(18)23/h3-12,15-17,29H,2,13-14H2,1H3,(H2,28,30,31,32)/q-1. The maximum absolute atomic E-state index is 12.2. The van der Waals surface area contributed by atoms with E-state index in [0.29, 0.717) is 23.1 Å². The van der Waals surface area contributed by atoms with Crippen LogP contribution in [0.2, 0.25) is 0 Å². The summed E-state index contributed by atoms with van der Waals surface area (Å²) in [5, 5.41) is 9.92. The van der Waals surface area contributed by atoms with Gasteiger partial charge in [-0.2, -0.15) is 4.98 Å². The first-order valence-electron chi connectivity index (χ1n) is 12.0. The number of hydrogen-bond acceptors (Lipinski definition) is 9. The van der Waals surface area contributed by atoms with Crippen molar-refractivity contribution in [3.63, 3.8) is 0 Å². The second-order valence-electron chi connectivity index (χ2n) is 8.16. The van der Waals surface area contributed by atoms with Gasteiger partial charge >= 0.3 is 6.09 Å². The van der Waals surface area contributed by atoms with Crippen molar-refractivity contribution >= 4 is 56.4 Å². The molecule has 0 aliphatic rings. The molecule has 0 bridgehead atoms. The second kappa shape index (κ2) is 11.9. The van der Waals surface area contributed by atoms with E-state index in [1.807, 2.05) is 29.6 Å². The minimum atomic E-state index is -1.84. The average Bonchev–Trinajstić information content (AvgIpc) is 3.60. The molecule has 0 unspecified atom stereocenters. The van der Waals surface area contributed by atoms with Crippen molar-refractivity contribution in [2.24, 2.45) is 4.36 Å². The number of amides is 1. The van der Waals surface area contributed by atoms with E-state index in [9.17, 15) is 9.00 Å². The third-order valence-electron chi connectivity index (χ3n) is 5.67. The number of para-hydroxylation sites is 1. The van der Waals surface area contributed by atoms with Crippen molar-refractivity contribution in [3.8, 4) is 10.4 Å². The molecule has 9 nitrogen and oxygen atoms in total. The van der Waals surface area contributed by atoms with Gasteiger partial charge in [-0.1, -0.05) is 41.3 Å². The normalized spacial score (nSPS) is 11.9. The summed E-state index contributed by atoms with van der Waals surface area (Å²) in [5.41, 5.74) is 4.00. The number of carbonyl (C=O) groups excluding carboxylic acids is 1. The van der Waals surface area contributed by atoms with Crippen LogP contribution in [0.1, 0.15) is 12.5 Å². The topological polar surface area (TPSA) is 121 Å². The molecule has 0 aliphatic carbocycles. The molecule has 11 heteroatoms. The van der Waals surface area contributed by atoms with Crippen molar-refractivity contribution in [2.45, 2.75) is 18.2 Å². The van der Waals surface area contributed by atoms with E-state index in [1.54, 1.807) is 48.7 Å². The third kappa shape index (κ3) is 6.01. The number of nitrogens with one attached hydrogen (secondary N) is 3. The lowest BCUT2D eigenvalue weighted by molar-refractivity contribution is 0.164. The molecular formula is C27H25N6O3S2-. The highest BCUT2D eigenvalue weighted by molar-refractivity contribution is 7.75. The molecule has 3 N–H and O–H groups in total. The van der Waals surface area contributed by atoms with E-state index < -0.39 is 16.7 Å². The lowest BCUT2D eigenvalue weighted by atomic mass is 10.1. The van der Waals surface area contributed by atoms with Crippen LogP contribution in [0.3, 0.4) is 0 Å². The Kier molecular flexibility index (Phi) is 7.95. The summed E-state index contributed by atoms with van der Waals surface area (Å²) in [7, 11) is -1.84. The van der Waals surface area contributed by atoms with E-state index in [0.717, 1.165) is 28.2 Å². The number of carbonyl (C=O) groups is 1. The van der Waals surface area contributed by atoms with Crippen molar-refractivity contribution in [3.05, 3.63) is 84.0 Å². The van der Waals surface area contributed by atoms with Gasteiger partial charge in [0.2, 0.25) is 5.95 Å². The minimum Gasteiger partial charge on any atom is -0.450 e. The van der Waals surface area contributed by atoms with Crippen LogP contribution >= 0.6 is 11.3 Å². The van der Waals surface area contributed by atoms with E-state index in [4.69, 9.17) is 9.72 Å². The van der Waals surface area contributed by atoms with Crippen molar-refractivity contribution < 1.29 is 13.7 Å². The highest BCUT2D eigenvalue weighted by Gasteiger charge is 2.11. The molecule has 3 heterocycles. The van der Waals surface area contributed by atoms with Crippen LogP contribution in [-0.2, 0) is 26.0 Å². The Morgan fingerprint density at radius 2 is 1.97 bits per heavy atom. The van der Waals surface area contributed by atoms with Gasteiger partial charge in [0, 0.05) is 40.4 Å². The molecule has 3 aromatic heterocycles. The Morgan fingerprint density at radius 1 is 1.13 bits per heavy atom. The monoisotopic (exact) mass is 545 g/mol. The molecule has 5 rings (SSSR count). The summed E-state index contributed by atoms with van der Waals surface area (Å²) in [6, 6.07) is 19.0. The molecule has 1 amide bonds. The van der Waals surface area contributed by atoms with Crippen LogP contribution in [0.5, 0.6) is 0 Å². The van der Waals surface area contributed by atoms with Crippen LogP contribution in [0.4, 0.5) is 22.2 Å². The zero-order valence-electron chi connectivity index (χ0n) is 20.5. The van der Waals surface area contributed by atoms with E-state index in [1.165, 1.54) is 10.9 Å². The molecule has 0 radical (unpaired) electrons. The number of hydrogen-bond donors (Lipinski definition) is 3. The SMILES string of the molecule is CCOC(=O)N=[S-](=O)c1ccc(Nc2ncc(-c3cccs3)c(NCCc3c[nH]c4ccccc34)n2)cc1. The molecular weight excluding hydrogens is 520 g/mol. The van der Waals surface area contributed by atoms with Gasteiger partial charge < -0.3 is 24.6 Å². The number of fused-ring (bicyclic) bond motifs is 1. The quantitative estimate of drug-likeness (QED) is 0.175. The van der Waals surface area contributed by atoms with Crippen molar-refractivity contribution in [2.75, 3.05) is 23.8 Å². The van der Waals surface area contributed by atoms with Crippen LogP contribution in [0.25, 0.3) is 21.3 Å². The molecule has 38 heavy (non-hydrogen) atoms. The van der Waals surface area contributed by atoms with Gasteiger partial charge in [0.05, 0.1) is 12.2 Å². The van der Waals surface area contributed by atoms with E-state index in [2.05, 4.69) is 43.3 Å². The number of aromatic nitrogens is 3. The van der Waals surface area contributed by atoms with Crippen molar-refractivity contribution in [1.29, 1.82) is 0 Å².